The SMILES string of the molecule is CCCCN(C)C(=O)C1(c2ccc(OC)cc2)CCOCC1. The molecule has 1 aromatic rings. The molecule has 1 aliphatic heterocycles. The molecule has 22 heavy (non-hydrogen) atoms. The molecule has 0 bridgehead atoms. The Labute approximate surface area is 133 Å². The van der Waals surface area contributed by atoms with Crippen molar-refractivity contribution in [2.75, 3.05) is 33.9 Å². The van der Waals surface area contributed by atoms with Gasteiger partial charge < -0.3 is 14.4 Å². The summed E-state index contributed by atoms with van der Waals surface area (Å²) in [5.41, 5.74) is 0.623. The van der Waals surface area contributed by atoms with Gasteiger partial charge in [-0.2, -0.15) is 0 Å². The van der Waals surface area contributed by atoms with Gasteiger partial charge in [-0.1, -0.05) is 25.5 Å². The van der Waals surface area contributed by atoms with E-state index in [0.29, 0.717) is 13.2 Å². The zero-order chi connectivity index (χ0) is 16.0. The van der Waals surface area contributed by atoms with Crippen LogP contribution in [0, 0.1) is 0 Å². The predicted molar refractivity (Wildman–Crippen MR) is 87.3 cm³/mol. The van der Waals surface area contributed by atoms with Crippen LogP contribution in [0.3, 0.4) is 0 Å². The number of unbranched alkanes of at least 4 members (excludes halogenated alkanes) is 1. The number of likely N-dealkylation sites (N-methyl/N-ethyl adjacent to an activating group) is 1. The topological polar surface area (TPSA) is 38.8 Å². The maximum atomic E-state index is 13.1. The van der Waals surface area contributed by atoms with Crippen molar-refractivity contribution in [3.05, 3.63) is 29.8 Å². The minimum atomic E-state index is -0.451. The molecule has 0 aliphatic carbocycles. The van der Waals surface area contributed by atoms with Crippen LogP contribution in [0.5, 0.6) is 5.75 Å². The average Bonchev–Trinajstić information content (AvgIpc) is 2.59. The first-order valence-corrected chi connectivity index (χ1v) is 8.12. The Morgan fingerprint density at radius 2 is 1.91 bits per heavy atom. The molecule has 0 unspecified atom stereocenters. The number of amides is 1. The van der Waals surface area contributed by atoms with Crippen LogP contribution >= 0.6 is 0 Å². The van der Waals surface area contributed by atoms with Gasteiger partial charge in [0.1, 0.15) is 5.75 Å². The number of carbonyl (C=O) groups excluding carboxylic acids is 1. The van der Waals surface area contributed by atoms with Crippen molar-refractivity contribution in [1.29, 1.82) is 0 Å². The van der Waals surface area contributed by atoms with Gasteiger partial charge in [0.15, 0.2) is 0 Å². The van der Waals surface area contributed by atoms with Crippen LogP contribution in [0.2, 0.25) is 0 Å². The summed E-state index contributed by atoms with van der Waals surface area (Å²) in [6.45, 7) is 4.23. The lowest BCUT2D eigenvalue weighted by molar-refractivity contribution is -0.140. The lowest BCUT2D eigenvalue weighted by atomic mass is 9.73. The van der Waals surface area contributed by atoms with Crippen LogP contribution in [0.25, 0.3) is 0 Å². The number of ether oxygens (including phenoxy) is 2. The molecule has 0 spiro atoms. The Morgan fingerprint density at radius 1 is 1.27 bits per heavy atom. The van der Waals surface area contributed by atoms with Crippen LogP contribution in [-0.4, -0.2) is 44.7 Å². The number of benzene rings is 1. The molecule has 0 atom stereocenters. The molecule has 4 heteroatoms. The summed E-state index contributed by atoms with van der Waals surface area (Å²) in [6, 6.07) is 7.92. The standard InChI is InChI=1S/C18H27NO3/c1-4-5-12-19(2)17(20)18(10-13-22-14-11-18)15-6-8-16(21-3)9-7-15/h6-9H,4-5,10-14H2,1-3H3. The average molecular weight is 305 g/mol. The first kappa shape index (κ1) is 16.8. The molecule has 1 fully saturated rings. The number of hydrogen-bond donors (Lipinski definition) is 0. The second-order valence-electron chi connectivity index (χ2n) is 6.00. The van der Waals surface area contributed by atoms with E-state index in [0.717, 1.165) is 43.5 Å². The van der Waals surface area contributed by atoms with Gasteiger partial charge in [-0.25, -0.2) is 0 Å². The summed E-state index contributed by atoms with van der Waals surface area (Å²) in [6.07, 6.45) is 3.62. The highest BCUT2D eigenvalue weighted by Crippen LogP contribution is 2.37. The summed E-state index contributed by atoms with van der Waals surface area (Å²) in [5.74, 6) is 1.03. The Bertz CT molecular complexity index is 478. The Balaban J connectivity index is 2.28. The third-order valence-corrected chi connectivity index (χ3v) is 4.59. The quantitative estimate of drug-likeness (QED) is 0.811. The van der Waals surface area contributed by atoms with E-state index >= 15 is 0 Å². The van der Waals surface area contributed by atoms with Gasteiger partial charge in [0.05, 0.1) is 12.5 Å². The Morgan fingerprint density at radius 3 is 2.45 bits per heavy atom. The summed E-state index contributed by atoms with van der Waals surface area (Å²) in [4.78, 5) is 15.0. The lowest BCUT2D eigenvalue weighted by Gasteiger charge is -2.39. The van der Waals surface area contributed by atoms with E-state index in [-0.39, 0.29) is 5.91 Å². The van der Waals surface area contributed by atoms with E-state index < -0.39 is 5.41 Å². The van der Waals surface area contributed by atoms with Gasteiger partial charge in [0.2, 0.25) is 5.91 Å². The summed E-state index contributed by atoms with van der Waals surface area (Å²) in [7, 11) is 3.57. The third-order valence-electron chi connectivity index (χ3n) is 4.59. The fourth-order valence-electron chi connectivity index (χ4n) is 3.12. The molecule has 1 amide bonds. The number of rotatable bonds is 6. The van der Waals surface area contributed by atoms with E-state index in [1.165, 1.54) is 0 Å². The van der Waals surface area contributed by atoms with Crippen molar-refractivity contribution in [2.45, 2.75) is 38.0 Å². The first-order chi connectivity index (χ1) is 10.6. The molecule has 0 aromatic heterocycles. The number of methoxy groups -OCH3 is 1. The molecule has 1 aromatic carbocycles. The molecule has 122 valence electrons. The normalized spacial score (nSPS) is 17.0. The zero-order valence-electron chi connectivity index (χ0n) is 13.9. The number of carbonyl (C=O) groups is 1. The van der Waals surface area contributed by atoms with Crippen molar-refractivity contribution < 1.29 is 14.3 Å². The second kappa shape index (κ2) is 7.63. The zero-order valence-corrected chi connectivity index (χ0v) is 13.9. The summed E-state index contributed by atoms with van der Waals surface area (Å²) in [5, 5.41) is 0. The first-order valence-electron chi connectivity index (χ1n) is 8.12. The van der Waals surface area contributed by atoms with Gasteiger partial charge in [0, 0.05) is 26.8 Å². The van der Waals surface area contributed by atoms with E-state index in [1.807, 2.05) is 36.2 Å². The van der Waals surface area contributed by atoms with Gasteiger partial charge in [-0.15, -0.1) is 0 Å². The van der Waals surface area contributed by atoms with Gasteiger partial charge in [0.25, 0.3) is 0 Å². The van der Waals surface area contributed by atoms with Crippen molar-refractivity contribution in [1.82, 2.24) is 4.90 Å². The number of nitrogens with zero attached hydrogens (tertiary/aromatic N) is 1. The van der Waals surface area contributed by atoms with Crippen molar-refractivity contribution >= 4 is 5.91 Å². The molecule has 4 nitrogen and oxygen atoms in total. The largest absolute Gasteiger partial charge is 0.497 e. The molecule has 1 aliphatic rings. The van der Waals surface area contributed by atoms with E-state index in [4.69, 9.17) is 9.47 Å². The smallest absolute Gasteiger partial charge is 0.233 e. The second-order valence-corrected chi connectivity index (χ2v) is 6.00. The highest BCUT2D eigenvalue weighted by Gasteiger charge is 2.43. The summed E-state index contributed by atoms with van der Waals surface area (Å²) < 4.78 is 10.7. The van der Waals surface area contributed by atoms with Crippen LogP contribution in [0.4, 0.5) is 0 Å². The fraction of sp³-hybridized carbons (Fsp3) is 0.611. The predicted octanol–water partition coefficient (Wildman–Crippen LogP) is 3.00. The fourth-order valence-corrected chi connectivity index (χ4v) is 3.12. The van der Waals surface area contributed by atoms with Gasteiger partial charge in [-0.05, 0) is 37.0 Å². The van der Waals surface area contributed by atoms with E-state index in [1.54, 1.807) is 7.11 Å². The third kappa shape index (κ3) is 3.43. The lowest BCUT2D eigenvalue weighted by Crippen LogP contribution is -2.48. The Hall–Kier alpha value is -1.55. The van der Waals surface area contributed by atoms with Gasteiger partial charge in [-0.3, -0.25) is 4.79 Å². The van der Waals surface area contributed by atoms with Crippen LogP contribution < -0.4 is 4.74 Å². The summed E-state index contributed by atoms with van der Waals surface area (Å²) >= 11 is 0. The monoisotopic (exact) mass is 305 g/mol. The maximum absolute atomic E-state index is 13.1. The highest BCUT2D eigenvalue weighted by molar-refractivity contribution is 5.88. The minimum Gasteiger partial charge on any atom is -0.497 e. The Kier molecular flexibility index (Phi) is 5.83. The van der Waals surface area contributed by atoms with E-state index in [2.05, 4.69) is 6.92 Å². The van der Waals surface area contributed by atoms with Crippen molar-refractivity contribution in [3.8, 4) is 5.75 Å². The molecule has 1 heterocycles. The van der Waals surface area contributed by atoms with Crippen molar-refractivity contribution in [2.24, 2.45) is 0 Å². The van der Waals surface area contributed by atoms with Gasteiger partial charge >= 0.3 is 0 Å². The maximum Gasteiger partial charge on any atom is 0.233 e. The molecule has 2 rings (SSSR count). The van der Waals surface area contributed by atoms with Crippen LogP contribution in [0.1, 0.15) is 38.2 Å². The van der Waals surface area contributed by atoms with Crippen LogP contribution in [-0.2, 0) is 14.9 Å². The molecule has 0 radical (unpaired) electrons. The van der Waals surface area contributed by atoms with Crippen LogP contribution in [0.15, 0.2) is 24.3 Å². The molecule has 0 N–H and O–H groups in total. The van der Waals surface area contributed by atoms with Crippen molar-refractivity contribution in [3.63, 3.8) is 0 Å². The molecular weight excluding hydrogens is 278 g/mol. The minimum absolute atomic E-state index is 0.217. The molecular formula is C18H27NO3. The number of hydrogen-bond acceptors (Lipinski definition) is 3. The molecule has 0 saturated carbocycles. The molecule has 1 saturated heterocycles. The van der Waals surface area contributed by atoms with E-state index in [9.17, 15) is 4.79 Å². The highest BCUT2D eigenvalue weighted by atomic mass is 16.5.